The van der Waals surface area contributed by atoms with Crippen LogP contribution in [0.4, 0.5) is 4.39 Å². The van der Waals surface area contributed by atoms with E-state index in [0.29, 0.717) is 22.9 Å². The first-order valence-electron chi connectivity index (χ1n) is 7.60. The summed E-state index contributed by atoms with van der Waals surface area (Å²) in [5.41, 5.74) is 1.31. The van der Waals surface area contributed by atoms with Crippen molar-refractivity contribution in [3.05, 3.63) is 62.8 Å². The molecule has 0 aliphatic rings. The van der Waals surface area contributed by atoms with Crippen LogP contribution in [-0.2, 0) is 17.9 Å². The summed E-state index contributed by atoms with van der Waals surface area (Å²) in [5.74, 6) is -0.595. The lowest BCUT2D eigenvalue weighted by Gasteiger charge is -2.23. The standard InChI is InChI=1S/C18H18BrClFNO3/c1-25-17-6-5-12(9-14(17)19)10-22(8-7-18(23)24)11-13-15(20)3-2-4-16(13)21/h2-6,9H,7-8,10-11H2,1H3,(H,23,24). The highest BCUT2D eigenvalue weighted by molar-refractivity contribution is 9.10. The van der Waals surface area contributed by atoms with E-state index in [-0.39, 0.29) is 19.5 Å². The zero-order valence-corrected chi connectivity index (χ0v) is 16.0. The molecule has 0 saturated carbocycles. The van der Waals surface area contributed by atoms with E-state index in [1.165, 1.54) is 6.07 Å². The average Bonchev–Trinajstić information content (AvgIpc) is 2.56. The minimum absolute atomic E-state index is 0.0383. The van der Waals surface area contributed by atoms with E-state index in [2.05, 4.69) is 15.9 Å². The SMILES string of the molecule is COc1ccc(CN(CCC(=O)O)Cc2c(F)cccc2Cl)cc1Br. The molecule has 134 valence electrons. The van der Waals surface area contributed by atoms with Gasteiger partial charge in [-0.1, -0.05) is 23.7 Å². The number of nitrogens with zero attached hydrogens (tertiary/aromatic N) is 1. The molecule has 0 atom stereocenters. The third kappa shape index (κ3) is 5.70. The normalized spacial score (nSPS) is 10.9. The number of hydrogen-bond acceptors (Lipinski definition) is 3. The van der Waals surface area contributed by atoms with Crippen LogP contribution in [0.3, 0.4) is 0 Å². The molecule has 0 aromatic heterocycles. The molecule has 2 rings (SSSR count). The third-order valence-electron chi connectivity index (χ3n) is 3.71. The van der Waals surface area contributed by atoms with Gasteiger partial charge in [0.15, 0.2) is 0 Å². The largest absolute Gasteiger partial charge is 0.496 e. The van der Waals surface area contributed by atoms with Crippen molar-refractivity contribution in [1.29, 1.82) is 0 Å². The zero-order chi connectivity index (χ0) is 18.4. The molecule has 2 aromatic rings. The Kier molecular flexibility index (Phi) is 7.23. The lowest BCUT2D eigenvalue weighted by molar-refractivity contribution is -0.137. The van der Waals surface area contributed by atoms with Crippen molar-refractivity contribution in [3.63, 3.8) is 0 Å². The van der Waals surface area contributed by atoms with Crippen molar-refractivity contribution < 1.29 is 19.0 Å². The van der Waals surface area contributed by atoms with Crippen molar-refractivity contribution in [1.82, 2.24) is 4.90 Å². The van der Waals surface area contributed by atoms with Crippen molar-refractivity contribution in [2.24, 2.45) is 0 Å². The Morgan fingerprint density at radius 2 is 2.08 bits per heavy atom. The maximum atomic E-state index is 14.1. The van der Waals surface area contributed by atoms with E-state index in [9.17, 15) is 9.18 Å². The van der Waals surface area contributed by atoms with Crippen molar-refractivity contribution in [2.75, 3.05) is 13.7 Å². The maximum absolute atomic E-state index is 14.1. The fourth-order valence-electron chi connectivity index (χ4n) is 2.44. The molecule has 0 fully saturated rings. The van der Waals surface area contributed by atoms with Crippen LogP contribution < -0.4 is 4.74 Å². The molecule has 0 spiro atoms. The number of hydrogen-bond donors (Lipinski definition) is 1. The van der Waals surface area contributed by atoms with Gasteiger partial charge in [0.25, 0.3) is 0 Å². The minimum Gasteiger partial charge on any atom is -0.496 e. The summed E-state index contributed by atoms with van der Waals surface area (Å²) in [4.78, 5) is 12.8. The van der Waals surface area contributed by atoms with Gasteiger partial charge in [-0.15, -0.1) is 0 Å². The van der Waals surface area contributed by atoms with Crippen LogP contribution in [0.2, 0.25) is 5.02 Å². The maximum Gasteiger partial charge on any atom is 0.304 e. The number of carbonyl (C=O) groups is 1. The van der Waals surface area contributed by atoms with Crippen molar-refractivity contribution in [3.8, 4) is 5.75 Å². The van der Waals surface area contributed by atoms with Crippen LogP contribution in [0.1, 0.15) is 17.5 Å². The Morgan fingerprint density at radius 3 is 2.68 bits per heavy atom. The highest BCUT2D eigenvalue weighted by Gasteiger charge is 2.15. The first-order valence-corrected chi connectivity index (χ1v) is 8.77. The van der Waals surface area contributed by atoms with Crippen LogP contribution in [0.15, 0.2) is 40.9 Å². The van der Waals surface area contributed by atoms with Crippen LogP contribution >= 0.6 is 27.5 Å². The minimum atomic E-state index is -0.902. The molecule has 0 unspecified atom stereocenters. The van der Waals surface area contributed by atoms with Crippen LogP contribution in [0.25, 0.3) is 0 Å². The molecule has 1 N–H and O–H groups in total. The summed E-state index contributed by atoms with van der Waals surface area (Å²) in [6.45, 7) is 0.965. The molecular weight excluding hydrogens is 413 g/mol. The highest BCUT2D eigenvalue weighted by atomic mass is 79.9. The summed E-state index contributed by atoms with van der Waals surface area (Å²) in [7, 11) is 1.58. The molecule has 0 aliphatic carbocycles. The quantitative estimate of drug-likeness (QED) is 0.658. The van der Waals surface area contributed by atoms with E-state index in [1.807, 2.05) is 23.1 Å². The summed E-state index contributed by atoms with van der Waals surface area (Å²) < 4.78 is 20.1. The molecule has 7 heteroatoms. The number of carboxylic acid groups (broad SMARTS) is 1. The molecule has 4 nitrogen and oxygen atoms in total. The van der Waals surface area contributed by atoms with Gasteiger partial charge < -0.3 is 9.84 Å². The highest BCUT2D eigenvalue weighted by Crippen LogP contribution is 2.27. The molecule has 25 heavy (non-hydrogen) atoms. The molecular formula is C18H18BrClFNO3. The third-order valence-corrected chi connectivity index (χ3v) is 4.68. The van der Waals surface area contributed by atoms with Gasteiger partial charge in [-0.3, -0.25) is 9.69 Å². The number of ether oxygens (including phenoxy) is 1. The molecule has 0 aliphatic heterocycles. The van der Waals surface area contributed by atoms with Crippen molar-refractivity contribution in [2.45, 2.75) is 19.5 Å². The van der Waals surface area contributed by atoms with E-state index < -0.39 is 11.8 Å². The first-order chi connectivity index (χ1) is 11.9. The Bertz CT molecular complexity index is 737. The van der Waals surface area contributed by atoms with Gasteiger partial charge in [0.05, 0.1) is 18.0 Å². The van der Waals surface area contributed by atoms with Gasteiger partial charge >= 0.3 is 5.97 Å². The Hall–Kier alpha value is -1.63. The second-order valence-corrected chi connectivity index (χ2v) is 6.79. The molecule has 0 saturated heterocycles. The number of methoxy groups -OCH3 is 1. The second kappa shape index (κ2) is 9.17. The second-order valence-electron chi connectivity index (χ2n) is 5.52. The topological polar surface area (TPSA) is 49.8 Å². The van der Waals surface area contributed by atoms with Crippen LogP contribution in [-0.4, -0.2) is 29.6 Å². The van der Waals surface area contributed by atoms with Gasteiger partial charge in [0.1, 0.15) is 11.6 Å². The summed E-state index contributed by atoms with van der Waals surface area (Å²) in [5, 5.41) is 9.30. The lowest BCUT2D eigenvalue weighted by atomic mass is 10.1. The van der Waals surface area contributed by atoms with E-state index >= 15 is 0 Å². The van der Waals surface area contributed by atoms with Gasteiger partial charge in [-0.2, -0.15) is 0 Å². The number of benzene rings is 2. The van der Waals surface area contributed by atoms with E-state index in [1.54, 1.807) is 19.2 Å². The van der Waals surface area contributed by atoms with Gasteiger partial charge in [-0.05, 0) is 45.8 Å². The van der Waals surface area contributed by atoms with Gasteiger partial charge in [-0.25, -0.2) is 4.39 Å². The summed E-state index contributed by atoms with van der Waals surface area (Å²) in [6, 6.07) is 10.1. The summed E-state index contributed by atoms with van der Waals surface area (Å²) in [6.07, 6.45) is -0.0383. The molecule has 0 bridgehead atoms. The van der Waals surface area contributed by atoms with E-state index in [0.717, 1.165) is 10.0 Å². The van der Waals surface area contributed by atoms with Crippen LogP contribution in [0, 0.1) is 5.82 Å². The number of carboxylic acids is 1. The number of halogens is 3. The zero-order valence-electron chi connectivity index (χ0n) is 13.6. The van der Waals surface area contributed by atoms with Gasteiger partial charge in [0, 0.05) is 30.2 Å². The molecule has 0 heterocycles. The predicted octanol–water partition coefficient (Wildman–Crippen LogP) is 4.73. The molecule has 2 aromatic carbocycles. The monoisotopic (exact) mass is 429 g/mol. The molecule has 0 amide bonds. The summed E-state index contributed by atoms with van der Waals surface area (Å²) >= 11 is 9.53. The Morgan fingerprint density at radius 1 is 1.32 bits per heavy atom. The van der Waals surface area contributed by atoms with Crippen molar-refractivity contribution >= 4 is 33.5 Å². The smallest absolute Gasteiger partial charge is 0.304 e. The number of rotatable bonds is 8. The Labute approximate surface area is 159 Å². The van der Waals surface area contributed by atoms with Gasteiger partial charge in [0.2, 0.25) is 0 Å². The Balaban J connectivity index is 2.20. The fraction of sp³-hybridized carbons (Fsp3) is 0.278. The fourth-order valence-corrected chi connectivity index (χ4v) is 3.25. The van der Waals surface area contributed by atoms with E-state index in [4.69, 9.17) is 21.4 Å². The number of aliphatic carboxylic acids is 1. The van der Waals surface area contributed by atoms with Crippen LogP contribution in [0.5, 0.6) is 5.75 Å². The lowest BCUT2D eigenvalue weighted by Crippen LogP contribution is -2.26. The molecule has 0 radical (unpaired) electrons. The first kappa shape index (κ1) is 19.7. The predicted molar refractivity (Wildman–Crippen MR) is 98.5 cm³/mol. The average molecular weight is 431 g/mol.